The Morgan fingerprint density at radius 3 is 2.51 bits per heavy atom. The number of carbonyl (C=O) groups excluding carboxylic acids is 2. The molecule has 2 amide bonds. The second-order valence-electron chi connectivity index (χ2n) is 7.47. The lowest BCUT2D eigenvalue weighted by Gasteiger charge is -2.13. The lowest BCUT2D eigenvalue weighted by molar-refractivity contribution is -0.122. The summed E-state index contributed by atoms with van der Waals surface area (Å²) in [6, 6.07) is 12.1. The lowest BCUT2D eigenvalue weighted by atomic mass is 10.2. The van der Waals surface area contributed by atoms with Gasteiger partial charge in [-0.15, -0.1) is 0 Å². The predicted molar refractivity (Wildman–Crippen MR) is 133 cm³/mol. The van der Waals surface area contributed by atoms with Crippen molar-refractivity contribution in [2.75, 3.05) is 20.3 Å². The highest BCUT2D eigenvalue weighted by Gasteiger charge is 2.15. The highest BCUT2D eigenvalue weighted by molar-refractivity contribution is 7.71. The van der Waals surface area contributed by atoms with Crippen LogP contribution in [0.1, 0.15) is 37.0 Å². The van der Waals surface area contributed by atoms with Gasteiger partial charge >= 0.3 is 0 Å². The molecule has 0 radical (unpaired) electrons. The number of amides is 2. The molecule has 1 aromatic heterocycles. The van der Waals surface area contributed by atoms with E-state index >= 15 is 0 Å². The topological polar surface area (TPSA) is 120 Å². The van der Waals surface area contributed by atoms with E-state index in [1.807, 2.05) is 31.2 Å². The summed E-state index contributed by atoms with van der Waals surface area (Å²) in [7, 11) is 1.50. The zero-order valence-electron chi connectivity index (χ0n) is 19.9. The molecule has 3 N–H and O–H groups in total. The van der Waals surface area contributed by atoms with Crippen LogP contribution in [0.15, 0.2) is 42.5 Å². The second-order valence-corrected chi connectivity index (χ2v) is 7.85. The minimum absolute atomic E-state index is 0.147. The van der Waals surface area contributed by atoms with Crippen LogP contribution in [-0.2, 0) is 11.3 Å². The minimum atomic E-state index is -0.501. The van der Waals surface area contributed by atoms with Crippen LogP contribution < -0.4 is 25.1 Å². The van der Waals surface area contributed by atoms with Crippen molar-refractivity contribution in [3.63, 3.8) is 0 Å². The summed E-state index contributed by atoms with van der Waals surface area (Å²) in [4.78, 5) is 25.1. The molecule has 10 nitrogen and oxygen atoms in total. The Hall–Kier alpha value is -3.86. The maximum absolute atomic E-state index is 12.6. The zero-order valence-corrected chi connectivity index (χ0v) is 20.7. The number of hydrogen-bond donors (Lipinski definition) is 3. The number of aromatic nitrogens is 3. The molecule has 35 heavy (non-hydrogen) atoms. The molecular formula is C24H29N5O5S. The van der Waals surface area contributed by atoms with Crippen LogP contribution in [0.4, 0.5) is 0 Å². The molecule has 0 atom stereocenters. The SMILES string of the molecule is CCCCOc1ccc(C(=O)NNC(=O)Cn2c(-c3ccc(OCC)cc3)n[nH]c2=S)cc1OC. The summed E-state index contributed by atoms with van der Waals surface area (Å²) >= 11 is 5.28. The standard InChI is InChI=1S/C24H29N5O5S/c1-4-6-13-34-19-12-9-17(14-20(19)32-3)23(31)27-25-21(30)15-29-22(26-28-24(29)35)16-7-10-18(11-8-16)33-5-2/h7-12,14H,4-6,13,15H2,1-3H3,(H,25,30)(H,27,31)(H,28,35). The smallest absolute Gasteiger partial charge is 0.269 e. The third kappa shape index (κ3) is 6.82. The van der Waals surface area contributed by atoms with Gasteiger partial charge in [-0.3, -0.25) is 30.1 Å². The van der Waals surface area contributed by atoms with E-state index in [0.29, 0.717) is 36.1 Å². The van der Waals surface area contributed by atoms with Gasteiger partial charge in [0.05, 0.1) is 20.3 Å². The Morgan fingerprint density at radius 1 is 1.06 bits per heavy atom. The molecule has 3 aromatic rings. The maximum Gasteiger partial charge on any atom is 0.269 e. The number of H-pyrrole nitrogens is 1. The zero-order chi connectivity index (χ0) is 25.2. The van der Waals surface area contributed by atoms with E-state index in [1.165, 1.54) is 11.7 Å². The van der Waals surface area contributed by atoms with Gasteiger partial charge in [0.2, 0.25) is 0 Å². The fraction of sp³-hybridized carbons (Fsp3) is 0.333. The van der Waals surface area contributed by atoms with Crippen molar-refractivity contribution in [1.29, 1.82) is 0 Å². The first-order valence-electron chi connectivity index (χ1n) is 11.2. The molecule has 0 aliphatic carbocycles. The average Bonchev–Trinajstić information content (AvgIpc) is 3.23. The first-order chi connectivity index (χ1) is 17.0. The molecule has 0 bridgehead atoms. The third-order valence-corrected chi connectivity index (χ3v) is 5.29. The molecule has 0 aliphatic rings. The van der Waals surface area contributed by atoms with Crippen molar-refractivity contribution in [2.24, 2.45) is 0 Å². The predicted octanol–water partition coefficient (Wildman–Crippen LogP) is 3.66. The van der Waals surface area contributed by atoms with Gasteiger partial charge in [-0.25, -0.2) is 0 Å². The van der Waals surface area contributed by atoms with E-state index in [-0.39, 0.29) is 11.3 Å². The van der Waals surface area contributed by atoms with E-state index < -0.39 is 11.8 Å². The molecular weight excluding hydrogens is 470 g/mol. The van der Waals surface area contributed by atoms with Crippen LogP contribution in [0, 0.1) is 4.77 Å². The van der Waals surface area contributed by atoms with Gasteiger partial charge in [-0.2, -0.15) is 5.10 Å². The number of nitrogens with one attached hydrogen (secondary N) is 3. The summed E-state index contributed by atoms with van der Waals surface area (Å²) < 4.78 is 18.3. The molecule has 2 aromatic carbocycles. The van der Waals surface area contributed by atoms with Gasteiger partial charge in [0.1, 0.15) is 12.3 Å². The average molecular weight is 500 g/mol. The number of hydrogen-bond acceptors (Lipinski definition) is 7. The van der Waals surface area contributed by atoms with E-state index in [0.717, 1.165) is 24.2 Å². The van der Waals surface area contributed by atoms with Crippen LogP contribution in [0.25, 0.3) is 11.4 Å². The minimum Gasteiger partial charge on any atom is -0.494 e. The fourth-order valence-electron chi connectivity index (χ4n) is 3.19. The first-order valence-corrected chi connectivity index (χ1v) is 11.7. The quantitative estimate of drug-likeness (QED) is 0.209. The fourth-order valence-corrected chi connectivity index (χ4v) is 3.38. The summed E-state index contributed by atoms with van der Waals surface area (Å²) in [5.74, 6) is 1.23. The molecule has 0 spiro atoms. The number of methoxy groups -OCH3 is 1. The first kappa shape index (κ1) is 25.8. The maximum atomic E-state index is 12.6. The number of unbranched alkanes of at least 4 members (excludes halogenated alkanes) is 1. The van der Waals surface area contributed by atoms with Crippen LogP contribution in [0.2, 0.25) is 0 Å². The van der Waals surface area contributed by atoms with Crippen LogP contribution in [0.5, 0.6) is 17.2 Å². The molecule has 0 aliphatic heterocycles. The number of ether oxygens (including phenoxy) is 3. The monoisotopic (exact) mass is 499 g/mol. The van der Waals surface area contributed by atoms with E-state index in [9.17, 15) is 9.59 Å². The number of aromatic amines is 1. The number of benzene rings is 2. The summed E-state index contributed by atoms with van der Waals surface area (Å²) in [6.45, 7) is 4.96. The van der Waals surface area contributed by atoms with Crippen LogP contribution in [0.3, 0.4) is 0 Å². The highest BCUT2D eigenvalue weighted by atomic mass is 32.1. The van der Waals surface area contributed by atoms with E-state index in [4.69, 9.17) is 26.4 Å². The van der Waals surface area contributed by atoms with Gasteiger partial charge in [0.15, 0.2) is 22.1 Å². The van der Waals surface area contributed by atoms with Gasteiger partial charge in [0, 0.05) is 11.1 Å². The van der Waals surface area contributed by atoms with Crippen molar-refractivity contribution in [2.45, 2.75) is 33.2 Å². The van der Waals surface area contributed by atoms with E-state index in [2.05, 4.69) is 28.0 Å². The van der Waals surface area contributed by atoms with Crippen molar-refractivity contribution < 1.29 is 23.8 Å². The van der Waals surface area contributed by atoms with E-state index in [1.54, 1.807) is 18.2 Å². The Labute approximate surface area is 208 Å². The number of rotatable bonds is 11. The largest absolute Gasteiger partial charge is 0.494 e. The Morgan fingerprint density at radius 2 is 1.83 bits per heavy atom. The molecule has 3 rings (SSSR count). The number of nitrogens with zero attached hydrogens (tertiary/aromatic N) is 2. The summed E-state index contributed by atoms with van der Waals surface area (Å²) in [5.41, 5.74) is 5.87. The Balaban J connectivity index is 1.62. The third-order valence-electron chi connectivity index (χ3n) is 4.98. The van der Waals surface area contributed by atoms with Gasteiger partial charge < -0.3 is 14.2 Å². The van der Waals surface area contributed by atoms with Crippen molar-refractivity contribution in [3.05, 3.63) is 52.8 Å². The highest BCUT2D eigenvalue weighted by Crippen LogP contribution is 2.28. The molecule has 0 saturated carbocycles. The molecule has 1 heterocycles. The molecule has 0 fully saturated rings. The van der Waals surface area contributed by atoms with Crippen LogP contribution in [-0.4, -0.2) is 46.9 Å². The molecule has 11 heteroatoms. The Bertz CT molecular complexity index is 1210. The van der Waals surface area contributed by atoms with Gasteiger partial charge in [0.25, 0.3) is 11.8 Å². The summed E-state index contributed by atoms with van der Waals surface area (Å²) in [5, 5.41) is 6.92. The van der Waals surface area contributed by atoms with Crippen molar-refractivity contribution >= 4 is 24.0 Å². The van der Waals surface area contributed by atoms with Gasteiger partial charge in [-0.05, 0) is 68.0 Å². The Kier molecular flexibility index (Phi) is 9.24. The normalized spacial score (nSPS) is 10.5. The number of hydrazine groups is 1. The lowest BCUT2D eigenvalue weighted by Crippen LogP contribution is -2.43. The van der Waals surface area contributed by atoms with Crippen molar-refractivity contribution in [3.8, 4) is 28.6 Å². The van der Waals surface area contributed by atoms with Crippen LogP contribution >= 0.6 is 12.2 Å². The number of carbonyl (C=O) groups is 2. The molecule has 0 unspecified atom stereocenters. The molecule has 186 valence electrons. The van der Waals surface area contributed by atoms with Gasteiger partial charge in [-0.1, -0.05) is 13.3 Å². The molecule has 0 saturated heterocycles. The second kappa shape index (κ2) is 12.6. The summed E-state index contributed by atoms with van der Waals surface area (Å²) in [6.07, 6.45) is 1.92. The van der Waals surface area contributed by atoms with Crippen molar-refractivity contribution in [1.82, 2.24) is 25.6 Å².